The minimum Gasteiger partial charge on any atom is -0.478 e. The number of benzene rings is 2. The summed E-state index contributed by atoms with van der Waals surface area (Å²) in [5, 5.41) is 13.9. The molecule has 1 aliphatic rings. The second kappa shape index (κ2) is 10.7. The predicted octanol–water partition coefficient (Wildman–Crippen LogP) is 6.81. The summed E-state index contributed by atoms with van der Waals surface area (Å²) in [5.74, 6) is 1.11. The van der Waals surface area contributed by atoms with Gasteiger partial charge in [0.15, 0.2) is 0 Å². The zero-order chi connectivity index (χ0) is 23.4. The molecule has 0 bridgehead atoms. The maximum Gasteiger partial charge on any atom is 0.335 e. The third-order valence-corrected chi connectivity index (χ3v) is 7.82. The highest BCUT2D eigenvalue weighted by Crippen LogP contribution is 2.36. The number of rotatable bonds is 9. The standard InChI is InChI=1S/C26H29ClN2O3S/c1-2-13-33-16-23-24(27)21-14-20(28-25(30)18-5-3-4-6-18)11-12-22(21)29(23)15-17-7-9-19(10-8-17)26(31)32/h7-12,14,18H,2-6,13,15-16H2,1H3,(H,28,30)(H,31,32). The number of fused-ring (bicyclic) bond motifs is 1. The van der Waals surface area contributed by atoms with Crippen LogP contribution in [-0.2, 0) is 17.1 Å². The second-order valence-electron chi connectivity index (χ2n) is 8.60. The van der Waals surface area contributed by atoms with Gasteiger partial charge in [-0.15, -0.1) is 0 Å². The van der Waals surface area contributed by atoms with Crippen LogP contribution in [0.5, 0.6) is 0 Å². The van der Waals surface area contributed by atoms with Gasteiger partial charge in [0.2, 0.25) is 5.91 Å². The molecule has 1 heterocycles. The fraction of sp³-hybridized carbons (Fsp3) is 0.385. The van der Waals surface area contributed by atoms with Gasteiger partial charge in [-0.3, -0.25) is 4.79 Å². The van der Waals surface area contributed by atoms with Gasteiger partial charge in [-0.25, -0.2) is 4.79 Å². The van der Waals surface area contributed by atoms with Crippen molar-refractivity contribution in [1.82, 2.24) is 4.57 Å². The molecule has 0 radical (unpaired) electrons. The lowest BCUT2D eigenvalue weighted by Crippen LogP contribution is -2.20. The number of thioether (sulfide) groups is 1. The smallest absolute Gasteiger partial charge is 0.335 e. The average molecular weight is 485 g/mol. The van der Waals surface area contributed by atoms with E-state index < -0.39 is 5.97 Å². The maximum absolute atomic E-state index is 12.6. The van der Waals surface area contributed by atoms with Crippen molar-refractivity contribution in [3.05, 3.63) is 64.3 Å². The Labute approximate surface area is 203 Å². The molecule has 0 atom stereocenters. The second-order valence-corrected chi connectivity index (χ2v) is 10.1. The summed E-state index contributed by atoms with van der Waals surface area (Å²) in [6.45, 7) is 2.76. The van der Waals surface area contributed by atoms with Crippen LogP contribution in [0.15, 0.2) is 42.5 Å². The van der Waals surface area contributed by atoms with Crippen LogP contribution in [0, 0.1) is 5.92 Å². The zero-order valence-electron chi connectivity index (χ0n) is 18.8. The molecule has 0 unspecified atom stereocenters. The van der Waals surface area contributed by atoms with Crippen molar-refractivity contribution < 1.29 is 14.7 Å². The number of aromatic nitrogens is 1. The number of carbonyl (C=O) groups excluding carboxylic acids is 1. The van der Waals surface area contributed by atoms with Crippen molar-refractivity contribution in [3.8, 4) is 0 Å². The fourth-order valence-electron chi connectivity index (χ4n) is 4.45. The van der Waals surface area contributed by atoms with E-state index in [1.165, 1.54) is 0 Å². The van der Waals surface area contributed by atoms with E-state index in [1.807, 2.05) is 42.1 Å². The summed E-state index contributed by atoms with van der Waals surface area (Å²) in [5.41, 5.74) is 4.11. The van der Waals surface area contributed by atoms with Gasteiger partial charge in [-0.1, -0.05) is 43.5 Å². The molecule has 2 aromatic carbocycles. The molecule has 33 heavy (non-hydrogen) atoms. The molecule has 1 aliphatic carbocycles. The lowest BCUT2D eigenvalue weighted by atomic mass is 10.1. The van der Waals surface area contributed by atoms with Crippen molar-refractivity contribution in [2.45, 2.75) is 51.3 Å². The van der Waals surface area contributed by atoms with Gasteiger partial charge < -0.3 is 15.0 Å². The van der Waals surface area contributed by atoms with Crippen molar-refractivity contribution in [1.29, 1.82) is 0 Å². The Hall–Kier alpha value is -2.44. The first-order valence-corrected chi connectivity index (χ1v) is 13.0. The van der Waals surface area contributed by atoms with E-state index in [9.17, 15) is 14.7 Å². The van der Waals surface area contributed by atoms with Gasteiger partial charge in [0, 0.05) is 35.0 Å². The number of halogens is 1. The van der Waals surface area contributed by atoms with Gasteiger partial charge in [0.25, 0.3) is 0 Å². The summed E-state index contributed by atoms with van der Waals surface area (Å²) < 4.78 is 2.21. The highest BCUT2D eigenvalue weighted by molar-refractivity contribution is 7.98. The zero-order valence-corrected chi connectivity index (χ0v) is 20.3. The number of hydrogen-bond acceptors (Lipinski definition) is 3. The van der Waals surface area contributed by atoms with E-state index in [4.69, 9.17) is 11.6 Å². The first-order valence-electron chi connectivity index (χ1n) is 11.5. The molecule has 5 nitrogen and oxygen atoms in total. The summed E-state index contributed by atoms with van der Waals surface area (Å²) in [4.78, 5) is 23.8. The molecule has 1 fully saturated rings. The first-order chi connectivity index (χ1) is 16.0. The van der Waals surface area contributed by atoms with Gasteiger partial charge in [0.1, 0.15) is 0 Å². The van der Waals surface area contributed by atoms with Crippen LogP contribution >= 0.6 is 23.4 Å². The van der Waals surface area contributed by atoms with Crippen LogP contribution < -0.4 is 5.32 Å². The lowest BCUT2D eigenvalue weighted by molar-refractivity contribution is -0.119. The van der Waals surface area contributed by atoms with Crippen LogP contribution in [0.2, 0.25) is 5.02 Å². The Morgan fingerprint density at radius 3 is 2.55 bits per heavy atom. The molecule has 0 spiro atoms. The molecule has 174 valence electrons. The molecule has 2 N–H and O–H groups in total. The van der Waals surface area contributed by atoms with Gasteiger partial charge in [0.05, 0.1) is 16.1 Å². The summed E-state index contributed by atoms with van der Waals surface area (Å²) in [6, 6.07) is 12.9. The largest absolute Gasteiger partial charge is 0.478 e. The quantitative estimate of drug-likeness (QED) is 0.327. The Morgan fingerprint density at radius 2 is 1.88 bits per heavy atom. The number of hydrogen-bond donors (Lipinski definition) is 2. The molecule has 1 amide bonds. The number of anilines is 1. The molecule has 3 aromatic rings. The number of aromatic carboxylic acids is 1. The maximum atomic E-state index is 12.6. The average Bonchev–Trinajstić information content (AvgIpc) is 3.43. The van der Waals surface area contributed by atoms with E-state index in [0.717, 1.165) is 71.5 Å². The van der Waals surface area contributed by atoms with Crippen molar-refractivity contribution >= 4 is 51.8 Å². The summed E-state index contributed by atoms with van der Waals surface area (Å²) in [6.07, 6.45) is 5.27. The van der Waals surface area contributed by atoms with Crippen LogP contribution in [0.4, 0.5) is 5.69 Å². The molecule has 7 heteroatoms. The highest BCUT2D eigenvalue weighted by atomic mass is 35.5. The number of carbonyl (C=O) groups is 2. The minimum absolute atomic E-state index is 0.0969. The van der Waals surface area contributed by atoms with Crippen molar-refractivity contribution in [2.75, 3.05) is 11.1 Å². The van der Waals surface area contributed by atoms with E-state index >= 15 is 0 Å². The van der Waals surface area contributed by atoms with Crippen molar-refractivity contribution in [3.63, 3.8) is 0 Å². The Bertz CT molecular complexity index is 1150. The van der Waals surface area contributed by atoms with E-state index in [2.05, 4.69) is 16.8 Å². The molecule has 4 rings (SSSR count). The predicted molar refractivity (Wildman–Crippen MR) is 136 cm³/mol. The third-order valence-electron chi connectivity index (χ3n) is 6.23. The number of carboxylic acids is 1. The molecule has 0 aliphatic heterocycles. The Kier molecular flexibility index (Phi) is 7.66. The van der Waals surface area contributed by atoms with Crippen LogP contribution in [0.25, 0.3) is 10.9 Å². The molecular weight excluding hydrogens is 456 g/mol. The fourth-order valence-corrected chi connectivity index (χ4v) is 5.77. The van der Waals surface area contributed by atoms with Gasteiger partial charge in [-0.05, 0) is 60.9 Å². The Balaban J connectivity index is 1.66. The normalized spacial score (nSPS) is 14.1. The number of nitrogens with one attached hydrogen (secondary N) is 1. The van der Waals surface area contributed by atoms with Gasteiger partial charge >= 0.3 is 5.97 Å². The van der Waals surface area contributed by atoms with Crippen LogP contribution in [0.3, 0.4) is 0 Å². The highest BCUT2D eigenvalue weighted by Gasteiger charge is 2.23. The summed E-state index contributed by atoms with van der Waals surface area (Å²) in [7, 11) is 0. The van der Waals surface area contributed by atoms with Gasteiger partial charge in [-0.2, -0.15) is 11.8 Å². The topological polar surface area (TPSA) is 71.3 Å². The lowest BCUT2D eigenvalue weighted by Gasteiger charge is -2.12. The van der Waals surface area contributed by atoms with E-state index in [1.54, 1.807) is 12.1 Å². The number of amides is 1. The SMILES string of the molecule is CCCSCc1c(Cl)c2cc(NC(=O)C3CCCC3)ccc2n1Cc1ccc(C(=O)O)cc1. The number of carboxylic acid groups (broad SMARTS) is 1. The van der Waals surface area contributed by atoms with Crippen LogP contribution in [0.1, 0.15) is 60.6 Å². The number of nitrogens with zero attached hydrogens (tertiary/aromatic N) is 1. The third kappa shape index (κ3) is 5.39. The molecule has 0 saturated heterocycles. The Morgan fingerprint density at radius 1 is 1.15 bits per heavy atom. The van der Waals surface area contributed by atoms with Crippen molar-refractivity contribution in [2.24, 2.45) is 5.92 Å². The first kappa shape index (κ1) is 23.7. The summed E-state index contributed by atoms with van der Waals surface area (Å²) >= 11 is 8.73. The minimum atomic E-state index is -0.931. The molecule has 1 aromatic heterocycles. The van der Waals surface area contributed by atoms with E-state index in [0.29, 0.717) is 11.6 Å². The van der Waals surface area contributed by atoms with Crippen LogP contribution in [-0.4, -0.2) is 27.3 Å². The van der Waals surface area contributed by atoms with E-state index in [-0.39, 0.29) is 17.4 Å². The monoisotopic (exact) mass is 484 g/mol. The molecular formula is C26H29ClN2O3S. The molecule has 1 saturated carbocycles.